The molecule has 0 saturated heterocycles. The normalized spacial score (nSPS) is 12.4. The molecule has 2 aromatic rings. The summed E-state index contributed by atoms with van der Waals surface area (Å²) in [4.78, 5) is 16.7. The molecule has 0 aliphatic carbocycles. The number of nitrogens with zero attached hydrogens (tertiary/aromatic N) is 2. The Balaban J connectivity index is 2.33. The van der Waals surface area contributed by atoms with Crippen LogP contribution in [0, 0.1) is 29.5 Å². The van der Waals surface area contributed by atoms with Crippen LogP contribution in [0.3, 0.4) is 0 Å². The van der Waals surface area contributed by atoms with Gasteiger partial charge in [0, 0.05) is 11.9 Å². The zero-order valence-corrected chi connectivity index (χ0v) is 13.9. The number of carbonyl (C=O) groups is 1. The number of aromatic nitrogens is 1. The molecule has 1 heterocycles. The molecule has 1 amide bonds. The van der Waals surface area contributed by atoms with Gasteiger partial charge in [0.15, 0.2) is 0 Å². The second kappa shape index (κ2) is 7.46. The topological polar surface area (TPSA) is 77.8 Å². The summed E-state index contributed by atoms with van der Waals surface area (Å²) in [7, 11) is 0. The maximum Gasteiger partial charge on any atom is 0.256 e. The number of amides is 1. The molecule has 0 radical (unpaired) electrons. The first-order chi connectivity index (χ1) is 11.9. The molecule has 1 atom stereocenters. The van der Waals surface area contributed by atoms with Crippen LogP contribution in [0.1, 0.15) is 36.2 Å². The van der Waals surface area contributed by atoms with Gasteiger partial charge < -0.3 is 10.6 Å². The third-order valence-electron chi connectivity index (χ3n) is 3.76. The molecule has 2 N–H and O–H groups in total. The van der Waals surface area contributed by atoms with Crippen LogP contribution in [0.15, 0.2) is 36.5 Å². The van der Waals surface area contributed by atoms with Gasteiger partial charge in [-0.3, -0.25) is 4.79 Å². The van der Waals surface area contributed by atoms with E-state index in [4.69, 9.17) is 11.7 Å². The van der Waals surface area contributed by atoms with E-state index in [1.54, 1.807) is 19.1 Å². The van der Waals surface area contributed by atoms with Crippen LogP contribution >= 0.6 is 0 Å². The van der Waals surface area contributed by atoms with Gasteiger partial charge >= 0.3 is 0 Å². The van der Waals surface area contributed by atoms with Crippen LogP contribution in [0.5, 0.6) is 0 Å². The quantitative estimate of drug-likeness (QED) is 0.821. The van der Waals surface area contributed by atoms with E-state index in [-0.39, 0.29) is 16.9 Å². The van der Waals surface area contributed by atoms with Gasteiger partial charge in [-0.05, 0) is 43.7 Å². The molecule has 6 heteroatoms. The lowest BCUT2D eigenvalue weighted by Crippen LogP contribution is -2.44. The van der Waals surface area contributed by atoms with E-state index < -0.39 is 17.3 Å². The molecule has 0 spiro atoms. The SMILES string of the molecule is C#CC(C)(CC)NC(=O)c1cccnc1Nc1cc(F)cc(C#N)c1. The van der Waals surface area contributed by atoms with Gasteiger partial charge in [-0.25, -0.2) is 9.37 Å². The van der Waals surface area contributed by atoms with Crippen LogP contribution in [-0.4, -0.2) is 16.4 Å². The second-order valence-corrected chi connectivity index (χ2v) is 5.65. The molecular weight excluding hydrogens is 319 g/mol. The van der Waals surface area contributed by atoms with Gasteiger partial charge in [0.05, 0.1) is 22.7 Å². The number of pyridine rings is 1. The van der Waals surface area contributed by atoms with Gasteiger partial charge in [-0.15, -0.1) is 6.42 Å². The summed E-state index contributed by atoms with van der Waals surface area (Å²) in [6, 6.07) is 8.89. The average Bonchev–Trinajstić information content (AvgIpc) is 2.61. The molecule has 5 nitrogen and oxygen atoms in total. The summed E-state index contributed by atoms with van der Waals surface area (Å²) in [6.45, 7) is 3.62. The number of rotatable bonds is 5. The Morgan fingerprint density at radius 2 is 2.20 bits per heavy atom. The van der Waals surface area contributed by atoms with Crippen LogP contribution in [0.25, 0.3) is 0 Å². The molecule has 0 aliphatic heterocycles. The fraction of sp³-hybridized carbons (Fsp3) is 0.211. The number of hydrogen-bond acceptors (Lipinski definition) is 4. The number of anilines is 2. The highest BCUT2D eigenvalue weighted by atomic mass is 19.1. The van der Waals surface area contributed by atoms with E-state index in [1.807, 2.05) is 13.0 Å². The Morgan fingerprint density at radius 3 is 2.84 bits per heavy atom. The van der Waals surface area contributed by atoms with Crippen LogP contribution in [-0.2, 0) is 0 Å². The molecule has 0 bridgehead atoms. The summed E-state index contributed by atoms with van der Waals surface area (Å²) < 4.78 is 13.6. The van der Waals surface area contributed by atoms with E-state index in [0.717, 1.165) is 6.07 Å². The smallest absolute Gasteiger partial charge is 0.256 e. The van der Waals surface area contributed by atoms with Crippen LogP contribution < -0.4 is 10.6 Å². The van der Waals surface area contributed by atoms with E-state index in [1.165, 1.54) is 18.3 Å². The average molecular weight is 336 g/mol. The Morgan fingerprint density at radius 1 is 1.44 bits per heavy atom. The van der Waals surface area contributed by atoms with Gasteiger partial charge in [0.2, 0.25) is 0 Å². The van der Waals surface area contributed by atoms with E-state index in [2.05, 4.69) is 21.5 Å². The second-order valence-electron chi connectivity index (χ2n) is 5.65. The highest BCUT2D eigenvalue weighted by Crippen LogP contribution is 2.21. The zero-order chi connectivity index (χ0) is 18.4. The first-order valence-electron chi connectivity index (χ1n) is 7.64. The van der Waals surface area contributed by atoms with Crippen molar-refractivity contribution in [3.8, 4) is 18.4 Å². The summed E-state index contributed by atoms with van der Waals surface area (Å²) >= 11 is 0. The first-order valence-corrected chi connectivity index (χ1v) is 7.64. The molecule has 1 aromatic heterocycles. The Labute approximate surface area is 145 Å². The van der Waals surface area contributed by atoms with Gasteiger partial charge in [0.25, 0.3) is 5.91 Å². The summed E-state index contributed by atoms with van der Waals surface area (Å²) in [5, 5.41) is 14.6. The van der Waals surface area contributed by atoms with Crippen molar-refractivity contribution in [2.24, 2.45) is 0 Å². The Hall–Kier alpha value is -3.38. The fourth-order valence-electron chi connectivity index (χ4n) is 2.10. The van der Waals surface area contributed by atoms with Crippen molar-refractivity contribution in [2.75, 3.05) is 5.32 Å². The van der Waals surface area contributed by atoms with Crippen molar-refractivity contribution >= 4 is 17.4 Å². The Bertz CT molecular complexity index is 882. The first kappa shape index (κ1) is 18.0. The molecule has 1 aromatic carbocycles. The highest BCUT2D eigenvalue weighted by Gasteiger charge is 2.23. The zero-order valence-electron chi connectivity index (χ0n) is 13.9. The van der Waals surface area contributed by atoms with Crippen molar-refractivity contribution < 1.29 is 9.18 Å². The van der Waals surface area contributed by atoms with Crippen LogP contribution in [0.4, 0.5) is 15.9 Å². The van der Waals surface area contributed by atoms with Crippen LogP contribution in [0.2, 0.25) is 0 Å². The third-order valence-corrected chi connectivity index (χ3v) is 3.76. The molecule has 0 saturated carbocycles. The third kappa shape index (κ3) is 4.33. The summed E-state index contributed by atoms with van der Waals surface area (Å²) in [5.74, 6) is 1.85. The summed E-state index contributed by atoms with van der Waals surface area (Å²) in [6.07, 6.45) is 7.55. The van der Waals surface area contributed by atoms with E-state index in [9.17, 15) is 9.18 Å². The van der Waals surface area contributed by atoms with Crippen molar-refractivity contribution in [3.63, 3.8) is 0 Å². The minimum atomic E-state index is -0.781. The number of carbonyl (C=O) groups excluding carboxylic acids is 1. The van der Waals surface area contributed by atoms with Crippen molar-refractivity contribution in [2.45, 2.75) is 25.8 Å². The number of hydrogen-bond donors (Lipinski definition) is 2. The molecule has 1 unspecified atom stereocenters. The molecule has 0 aliphatic rings. The fourth-order valence-corrected chi connectivity index (χ4v) is 2.10. The monoisotopic (exact) mass is 336 g/mol. The van der Waals surface area contributed by atoms with Gasteiger partial charge in [-0.1, -0.05) is 12.8 Å². The van der Waals surface area contributed by atoms with E-state index >= 15 is 0 Å². The predicted octanol–water partition coefficient (Wildman–Crippen LogP) is 3.37. The van der Waals surface area contributed by atoms with Crippen molar-refractivity contribution in [1.29, 1.82) is 5.26 Å². The van der Waals surface area contributed by atoms with Crippen molar-refractivity contribution in [1.82, 2.24) is 10.3 Å². The number of nitrogens with one attached hydrogen (secondary N) is 2. The molecule has 2 rings (SSSR count). The lowest BCUT2D eigenvalue weighted by molar-refractivity contribution is 0.0924. The van der Waals surface area contributed by atoms with E-state index in [0.29, 0.717) is 12.1 Å². The molecule has 0 fully saturated rings. The van der Waals surface area contributed by atoms with Gasteiger partial charge in [0.1, 0.15) is 11.6 Å². The summed E-state index contributed by atoms with van der Waals surface area (Å²) in [5.41, 5.74) is -0.0353. The number of halogens is 1. The Kier molecular flexibility index (Phi) is 5.36. The maximum absolute atomic E-state index is 13.6. The minimum absolute atomic E-state index is 0.162. The maximum atomic E-state index is 13.6. The minimum Gasteiger partial charge on any atom is -0.339 e. The standard InChI is InChI=1S/C19H17FN4O/c1-4-19(3,5-2)24-18(25)16-7-6-8-22-17(16)23-15-10-13(12-21)9-14(20)11-15/h1,6-11H,5H2,2-3H3,(H,22,23)(H,24,25). The number of terminal acetylenes is 1. The molecule has 126 valence electrons. The van der Waals surface area contributed by atoms with Gasteiger partial charge in [-0.2, -0.15) is 5.26 Å². The number of nitriles is 1. The number of benzene rings is 1. The molecular formula is C19H17FN4O. The molecule has 25 heavy (non-hydrogen) atoms. The lowest BCUT2D eigenvalue weighted by atomic mass is 9.99. The lowest BCUT2D eigenvalue weighted by Gasteiger charge is -2.24. The largest absolute Gasteiger partial charge is 0.339 e. The highest BCUT2D eigenvalue weighted by molar-refractivity contribution is 6.00. The predicted molar refractivity (Wildman–Crippen MR) is 93.6 cm³/mol. The van der Waals surface area contributed by atoms with Crippen molar-refractivity contribution in [3.05, 3.63) is 53.5 Å².